The van der Waals surface area contributed by atoms with Gasteiger partial charge in [-0.15, -0.1) is 0 Å². The van der Waals surface area contributed by atoms with Crippen molar-refractivity contribution in [3.63, 3.8) is 0 Å². The lowest BCUT2D eigenvalue weighted by atomic mass is 9.95. The molecule has 10 aromatic rings. The van der Waals surface area contributed by atoms with E-state index in [0.29, 0.717) is 34.3 Å². The van der Waals surface area contributed by atoms with Crippen LogP contribution in [0.5, 0.6) is 0 Å². The van der Waals surface area contributed by atoms with Crippen molar-refractivity contribution in [1.82, 2.24) is 19.5 Å². The Morgan fingerprint density at radius 1 is 0.345 bits per heavy atom. The molecule has 0 saturated heterocycles. The van der Waals surface area contributed by atoms with Crippen LogP contribution < -0.4 is 0 Å². The lowest BCUT2D eigenvalue weighted by Crippen LogP contribution is -2.00. The summed E-state index contributed by atoms with van der Waals surface area (Å²) in [6, 6.07) is 50.3. The summed E-state index contributed by atoms with van der Waals surface area (Å²) < 4.78 is 65.7. The molecule has 0 amide bonds. The van der Waals surface area contributed by atoms with Gasteiger partial charge in [0.2, 0.25) is 0 Å². The predicted molar refractivity (Wildman–Crippen MR) is 227 cm³/mol. The minimum Gasteiger partial charge on any atom is -0.309 e. The molecule has 4 heteroatoms. The van der Waals surface area contributed by atoms with Gasteiger partial charge in [0, 0.05) is 33.2 Å². The fourth-order valence-corrected chi connectivity index (χ4v) is 6.98. The van der Waals surface area contributed by atoms with Crippen LogP contribution in [0.15, 0.2) is 206 Å². The maximum absolute atomic E-state index is 9.93. The van der Waals surface area contributed by atoms with E-state index in [1.54, 1.807) is 16.7 Å². The molecule has 0 N–H and O–H groups in total. The van der Waals surface area contributed by atoms with E-state index in [4.69, 9.17) is 20.4 Å². The molecule has 0 spiro atoms. The summed E-state index contributed by atoms with van der Waals surface area (Å²) in [4.78, 5) is 15.1. The minimum atomic E-state index is -0.449. The molecule has 0 aliphatic heterocycles. The summed E-state index contributed by atoms with van der Waals surface area (Å²) in [7, 11) is 0. The van der Waals surface area contributed by atoms with Crippen LogP contribution >= 0.6 is 0 Å². The highest BCUT2D eigenvalue weighted by Gasteiger charge is 2.17. The van der Waals surface area contributed by atoms with Gasteiger partial charge in [0.15, 0.2) is 17.5 Å². The van der Waals surface area contributed by atoms with Crippen LogP contribution in [0.4, 0.5) is 0 Å². The molecule has 258 valence electrons. The smallest absolute Gasteiger partial charge is 0.164 e. The van der Waals surface area contributed by atoms with Gasteiger partial charge in [0.05, 0.1) is 20.6 Å². The second-order valence-corrected chi connectivity index (χ2v) is 13.1. The molecule has 0 aliphatic carbocycles. The zero-order chi connectivity index (χ0) is 42.6. The van der Waals surface area contributed by atoms with Gasteiger partial charge in [-0.3, -0.25) is 0 Å². The summed E-state index contributed by atoms with van der Waals surface area (Å²) >= 11 is 0. The second kappa shape index (κ2) is 13.8. The zero-order valence-corrected chi connectivity index (χ0v) is 29.4. The largest absolute Gasteiger partial charge is 0.309 e. The van der Waals surface area contributed by atoms with Crippen LogP contribution in [0.3, 0.4) is 0 Å². The first kappa shape index (κ1) is 25.5. The van der Waals surface area contributed by atoms with E-state index in [-0.39, 0.29) is 57.6 Å². The number of rotatable bonds is 7. The third-order valence-corrected chi connectivity index (χ3v) is 9.68. The minimum absolute atomic E-state index is 0.0927. The molecule has 0 saturated carbocycles. The molecule has 0 aliphatic rings. The van der Waals surface area contributed by atoms with Crippen molar-refractivity contribution in [2.24, 2.45) is 0 Å². The molecule has 10 rings (SSSR count). The lowest BCUT2D eigenvalue weighted by molar-refractivity contribution is 1.07. The maximum Gasteiger partial charge on any atom is 0.164 e. The highest BCUT2D eigenvalue weighted by atomic mass is 15.0. The average Bonchev–Trinajstić information content (AvgIpc) is 3.70. The number of nitrogens with zero attached hydrogens (tertiary/aromatic N) is 4. The van der Waals surface area contributed by atoms with E-state index in [2.05, 4.69) is 12.1 Å². The number of benzene rings is 8. The quantitative estimate of drug-likeness (QED) is 0.165. The van der Waals surface area contributed by atoms with Crippen molar-refractivity contribution in [2.45, 2.75) is 0 Å². The number of fused-ring (bicyclic) bond motifs is 3. The number of hydrogen-bond acceptors (Lipinski definition) is 3. The molecule has 8 aromatic carbocycles. The van der Waals surface area contributed by atoms with Crippen molar-refractivity contribution in [1.29, 1.82) is 0 Å². The Bertz CT molecular complexity index is 3340. The van der Waals surface area contributed by atoms with Crippen LogP contribution in [-0.4, -0.2) is 19.5 Å². The summed E-state index contributed by atoms with van der Waals surface area (Å²) in [6.07, 6.45) is 0. The summed E-state index contributed by atoms with van der Waals surface area (Å²) in [5.74, 6) is 1.30. The lowest BCUT2D eigenvalue weighted by Gasteiger charge is -2.13. The Morgan fingerprint density at radius 2 is 0.782 bits per heavy atom. The molecular weight excluding hydrogens is 669 g/mol. The number of aromatic nitrogens is 4. The summed E-state index contributed by atoms with van der Waals surface area (Å²) in [5, 5.41) is 0.206. The maximum atomic E-state index is 9.93. The molecule has 2 aromatic heterocycles. The topological polar surface area (TPSA) is 43.6 Å². The van der Waals surface area contributed by atoms with E-state index in [1.165, 1.54) is 0 Å². The molecule has 2 heterocycles. The highest BCUT2D eigenvalue weighted by Crippen LogP contribution is 2.38. The van der Waals surface area contributed by atoms with Crippen molar-refractivity contribution < 1.29 is 9.60 Å². The van der Waals surface area contributed by atoms with Crippen LogP contribution in [0.1, 0.15) is 9.60 Å². The van der Waals surface area contributed by atoms with E-state index in [0.717, 1.165) is 33.4 Å². The van der Waals surface area contributed by atoms with E-state index in [9.17, 15) is 4.11 Å². The molecule has 0 unspecified atom stereocenters. The van der Waals surface area contributed by atoms with Gasteiger partial charge < -0.3 is 4.57 Å². The molecule has 0 bridgehead atoms. The molecule has 0 atom stereocenters. The van der Waals surface area contributed by atoms with Crippen LogP contribution in [0, 0.1) is 0 Å². The Labute approximate surface area is 329 Å². The van der Waals surface area contributed by atoms with Crippen molar-refractivity contribution in [3.05, 3.63) is 206 Å². The van der Waals surface area contributed by atoms with Gasteiger partial charge in [0.1, 0.15) is 0 Å². The third kappa shape index (κ3) is 6.16. The fourth-order valence-electron chi connectivity index (χ4n) is 6.98. The number of hydrogen-bond donors (Lipinski definition) is 0. The van der Waals surface area contributed by atoms with Crippen LogP contribution in [-0.2, 0) is 0 Å². The SMILES string of the molecule is [2H]c1c([2H])c([2H])c2c(c1[2H])c1c([2H])c([2H])c(-c3cc(-c4ccccc4)cc(-c4nc(-c5ccccc5)nc(-c5ccc(-c6ccccc6)cc5)n4)c3)c([2H])c1n2-c1ccccc1. The first-order chi connectivity index (χ1) is 30.2. The Balaban J connectivity index is 1.25. The van der Waals surface area contributed by atoms with E-state index < -0.39 is 12.1 Å². The monoisotopic (exact) mass is 709 g/mol. The van der Waals surface area contributed by atoms with Crippen LogP contribution in [0.25, 0.3) is 95.0 Å². The van der Waals surface area contributed by atoms with Gasteiger partial charge >= 0.3 is 0 Å². The second-order valence-electron chi connectivity index (χ2n) is 13.1. The highest BCUT2D eigenvalue weighted by molar-refractivity contribution is 6.10. The van der Waals surface area contributed by atoms with E-state index in [1.807, 2.05) is 140 Å². The first-order valence-corrected chi connectivity index (χ1v) is 18.0. The van der Waals surface area contributed by atoms with Crippen molar-refractivity contribution >= 4 is 21.8 Å². The molecule has 4 nitrogen and oxygen atoms in total. The summed E-state index contributed by atoms with van der Waals surface area (Å²) in [6.45, 7) is 0. The molecule has 0 fully saturated rings. The predicted octanol–water partition coefficient (Wildman–Crippen LogP) is 13.0. The third-order valence-electron chi connectivity index (χ3n) is 9.68. The molecule has 55 heavy (non-hydrogen) atoms. The van der Waals surface area contributed by atoms with Crippen molar-refractivity contribution in [2.75, 3.05) is 0 Å². The normalized spacial score (nSPS) is 13.1. The first-order valence-electron chi connectivity index (χ1n) is 21.5. The van der Waals surface area contributed by atoms with Gasteiger partial charge in [-0.25, -0.2) is 15.0 Å². The van der Waals surface area contributed by atoms with Gasteiger partial charge in [-0.2, -0.15) is 0 Å². The average molecular weight is 710 g/mol. The zero-order valence-electron chi connectivity index (χ0n) is 36.4. The Kier molecular flexibility index (Phi) is 6.43. The molecular formula is C51H34N4. The van der Waals surface area contributed by atoms with E-state index >= 15 is 0 Å². The van der Waals surface area contributed by atoms with Crippen LogP contribution in [0.2, 0.25) is 0 Å². The molecule has 0 radical (unpaired) electrons. The number of para-hydroxylation sites is 2. The van der Waals surface area contributed by atoms with Gasteiger partial charge in [-0.05, 0) is 75.8 Å². The van der Waals surface area contributed by atoms with Gasteiger partial charge in [-0.1, -0.05) is 164 Å². The van der Waals surface area contributed by atoms with Gasteiger partial charge in [0.25, 0.3) is 0 Å². The fraction of sp³-hybridized carbons (Fsp3) is 0. The standard InChI is InChI=1S/C51H34N4/c1-5-15-35(16-6-1)37-25-27-39(28-26-37)50-52-49(38-19-9-3-10-20-38)53-51(54-50)43-32-41(36-17-7-2-8-18-36)31-42(33-43)40-29-30-46-45-23-13-14-24-47(45)55(48(46)34-40)44-21-11-4-12-22-44/h1-34H/i13D,14D,23D,24D,29D,30D,34D. The Hall–Kier alpha value is -7.43. The Morgan fingerprint density at radius 3 is 1.42 bits per heavy atom. The van der Waals surface area contributed by atoms with Crippen molar-refractivity contribution in [3.8, 4) is 73.2 Å². The summed E-state index contributed by atoms with van der Waals surface area (Å²) in [5.41, 5.74) is 7.48.